The fourth-order valence-corrected chi connectivity index (χ4v) is 3.14. The molecule has 0 aromatic carbocycles. The van der Waals surface area contributed by atoms with Crippen molar-refractivity contribution in [1.82, 2.24) is 19.2 Å². The van der Waals surface area contributed by atoms with Crippen LogP contribution in [0.2, 0.25) is 0 Å². The average Bonchev–Trinajstić information content (AvgIpc) is 3.00. The van der Waals surface area contributed by atoms with E-state index in [4.69, 9.17) is 0 Å². The van der Waals surface area contributed by atoms with E-state index >= 15 is 0 Å². The molecule has 3 rings (SSSR count). The summed E-state index contributed by atoms with van der Waals surface area (Å²) in [5, 5.41) is 4.49. The van der Waals surface area contributed by atoms with Gasteiger partial charge in [0.1, 0.15) is 17.0 Å². The molecule has 0 radical (unpaired) electrons. The molecule has 6 heteroatoms. The van der Waals surface area contributed by atoms with Crippen molar-refractivity contribution < 1.29 is 0 Å². The van der Waals surface area contributed by atoms with E-state index in [0.717, 1.165) is 34.8 Å². The van der Waals surface area contributed by atoms with Crippen LogP contribution in [0.15, 0.2) is 6.33 Å². The molecule has 1 saturated heterocycles. The first-order valence-corrected chi connectivity index (χ1v) is 7.15. The maximum absolute atomic E-state index is 4.33. The van der Waals surface area contributed by atoms with Gasteiger partial charge in [0, 0.05) is 13.1 Å². The summed E-state index contributed by atoms with van der Waals surface area (Å²) in [5.41, 5.74) is 1.01. The number of nitrogens with one attached hydrogen (secondary N) is 1. The Labute approximate surface area is 110 Å². The summed E-state index contributed by atoms with van der Waals surface area (Å²) in [6.07, 6.45) is 4.29. The van der Waals surface area contributed by atoms with Crippen LogP contribution in [0.25, 0.3) is 10.2 Å². The predicted octanol–water partition coefficient (Wildman–Crippen LogP) is 1.90. The van der Waals surface area contributed by atoms with Gasteiger partial charge in [-0.1, -0.05) is 0 Å². The minimum atomic E-state index is 0.922. The lowest BCUT2D eigenvalue weighted by Crippen LogP contribution is -2.26. The molecule has 1 aliphatic rings. The molecule has 1 fully saturated rings. The lowest BCUT2D eigenvalue weighted by atomic mass is 10.3. The monoisotopic (exact) mass is 263 g/mol. The molecular weight excluding hydrogens is 246 g/mol. The number of nitrogens with zero attached hydrogens (tertiary/aromatic N) is 4. The molecule has 0 aliphatic carbocycles. The maximum Gasteiger partial charge on any atom is 0.149 e. The smallest absolute Gasteiger partial charge is 0.149 e. The standard InChI is InChI=1S/C12H17N5S/c1-9-10-11(14-8-15-12(10)18-16-9)13-4-7-17-5-2-3-6-17/h8H,2-7H2,1H3,(H,13,14,15). The Kier molecular flexibility index (Phi) is 3.38. The Hall–Kier alpha value is -1.27. The molecule has 1 N–H and O–H groups in total. The van der Waals surface area contributed by atoms with Crippen molar-refractivity contribution in [1.29, 1.82) is 0 Å². The van der Waals surface area contributed by atoms with Gasteiger partial charge in [0.05, 0.1) is 11.1 Å². The predicted molar refractivity (Wildman–Crippen MR) is 74.1 cm³/mol. The Balaban J connectivity index is 1.68. The molecule has 0 unspecified atom stereocenters. The topological polar surface area (TPSA) is 53.9 Å². The largest absolute Gasteiger partial charge is 0.368 e. The van der Waals surface area contributed by atoms with Crippen LogP contribution in [0.3, 0.4) is 0 Å². The second-order valence-corrected chi connectivity index (χ2v) is 5.40. The van der Waals surface area contributed by atoms with Gasteiger partial charge < -0.3 is 10.2 Å². The van der Waals surface area contributed by atoms with Crippen LogP contribution in [0, 0.1) is 6.92 Å². The van der Waals surface area contributed by atoms with E-state index in [2.05, 4.69) is 24.6 Å². The minimum Gasteiger partial charge on any atom is -0.368 e. The first-order chi connectivity index (χ1) is 8.84. The van der Waals surface area contributed by atoms with E-state index in [-0.39, 0.29) is 0 Å². The number of rotatable bonds is 4. The molecular formula is C12H17N5S. The van der Waals surface area contributed by atoms with Crippen LogP contribution < -0.4 is 5.32 Å². The second kappa shape index (κ2) is 5.16. The highest BCUT2D eigenvalue weighted by Gasteiger charge is 2.12. The maximum atomic E-state index is 4.33. The molecule has 0 saturated carbocycles. The van der Waals surface area contributed by atoms with Gasteiger partial charge in [0.25, 0.3) is 0 Å². The van der Waals surface area contributed by atoms with Gasteiger partial charge in [-0.25, -0.2) is 9.97 Å². The summed E-state index contributed by atoms with van der Waals surface area (Å²) in [6, 6.07) is 0. The first-order valence-electron chi connectivity index (χ1n) is 6.38. The van der Waals surface area contributed by atoms with Crippen LogP contribution >= 0.6 is 11.5 Å². The number of hydrogen-bond donors (Lipinski definition) is 1. The zero-order chi connectivity index (χ0) is 12.4. The second-order valence-electron chi connectivity index (χ2n) is 4.65. The normalized spacial score (nSPS) is 16.5. The number of aromatic nitrogens is 3. The van der Waals surface area contributed by atoms with Crippen molar-refractivity contribution in [2.45, 2.75) is 19.8 Å². The molecule has 18 heavy (non-hydrogen) atoms. The highest BCUT2D eigenvalue weighted by atomic mass is 32.1. The molecule has 96 valence electrons. The SMILES string of the molecule is Cc1nsc2ncnc(NCCN3CCCC3)c12. The Morgan fingerprint density at radius 1 is 1.33 bits per heavy atom. The molecule has 1 aliphatic heterocycles. The Bertz CT molecular complexity index is 532. The molecule has 5 nitrogen and oxygen atoms in total. The van der Waals surface area contributed by atoms with Gasteiger partial charge >= 0.3 is 0 Å². The van der Waals surface area contributed by atoms with E-state index in [1.807, 2.05) is 6.92 Å². The van der Waals surface area contributed by atoms with E-state index in [1.54, 1.807) is 6.33 Å². The summed E-state index contributed by atoms with van der Waals surface area (Å²) in [4.78, 5) is 12.0. The Morgan fingerprint density at radius 3 is 3.00 bits per heavy atom. The first kappa shape index (κ1) is 11.8. The molecule has 2 aromatic heterocycles. The highest BCUT2D eigenvalue weighted by Crippen LogP contribution is 2.25. The molecule has 0 amide bonds. The van der Waals surface area contributed by atoms with Crippen molar-refractivity contribution in [2.75, 3.05) is 31.5 Å². The third kappa shape index (κ3) is 2.30. The number of aryl methyl sites for hydroxylation is 1. The molecule has 0 atom stereocenters. The highest BCUT2D eigenvalue weighted by molar-refractivity contribution is 7.13. The zero-order valence-electron chi connectivity index (χ0n) is 10.5. The number of fused-ring (bicyclic) bond motifs is 1. The summed E-state index contributed by atoms with van der Waals surface area (Å²) in [5.74, 6) is 0.922. The van der Waals surface area contributed by atoms with E-state index < -0.39 is 0 Å². The van der Waals surface area contributed by atoms with Crippen LogP contribution in [-0.2, 0) is 0 Å². The third-order valence-corrected chi connectivity index (χ3v) is 4.21. The number of anilines is 1. The minimum absolute atomic E-state index is 0.922. The van der Waals surface area contributed by atoms with Crippen molar-refractivity contribution in [3.8, 4) is 0 Å². The molecule has 2 aromatic rings. The third-order valence-electron chi connectivity index (χ3n) is 3.36. The van der Waals surface area contributed by atoms with Crippen molar-refractivity contribution in [2.24, 2.45) is 0 Å². The summed E-state index contributed by atoms with van der Waals surface area (Å²) in [7, 11) is 0. The fraction of sp³-hybridized carbons (Fsp3) is 0.583. The zero-order valence-corrected chi connectivity index (χ0v) is 11.3. The van der Waals surface area contributed by atoms with Gasteiger partial charge in [0.15, 0.2) is 0 Å². The van der Waals surface area contributed by atoms with Gasteiger partial charge in [0.2, 0.25) is 0 Å². The van der Waals surface area contributed by atoms with Crippen LogP contribution in [0.4, 0.5) is 5.82 Å². The van der Waals surface area contributed by atoms with E-state index in [0.29, 0.717) is 0 Å². The summed E-state index contributed by atoms with van der Waals surface area (Å²) in [6.45, 7) is 6.50. The average molecular weight is 263 g/mol. The van der Waals surface area contributed by atoms with E-state index in [9.17, 15) is 0 Å². The van der Waals surface area contributed by atoms with E-state index in [1.165, 1.54) is 37.5 Å². The fourth-order valence-electron chi connectivity index (χ4n) is 2.39. The number of likely N-dealkylation sites (tertiary alicyclic amines) is 1. The van der Waals surface area contributed by atoms with Crippen molar-refractivity contribution in [3.05, 3.63) is 12.0 Å². The van der Waals surface area contributed by atoms with Gasteiger partial charge in [-0.15, -0.1) is 0 Å². The molecule has 0 spiro atoms. The number of hydrogen-bond acceptors (Lipinski definition) is 6. The lowest BCUT2D eigenvalue weighted by Gasteiger charge is -2.15. The van der Waals surface area contributed by atoms with Crippen LogP contribution in [-0.4, -0.2) is 45.4 Å². The van der Waals surface area contributed by atoms with Crippen LogP contribution in [0.1, 0.15) is 18.5 Å². The van der Waals surface area contributed by atoms with Crippen molar-refractivity contribution >= 4 is 27.6 Å². The Morgan fingerprint density at radius 2 is 2.17 bits per heavy atom. The quantitative estimate of drug-likeness (QED) is 0.913. The van der Waals surface area contributed by atoms with Crippen LogP contribution in [0.5, 0.6) is 0 Å². The van der Waals surface area contributed by atoms with Crippen molar-refractivity contribution in [3.63, 3.8) is 0 Å². The summed E-state index contributed by atoms with van der Waals surface area (Å²) >= 11 is 1.44. The molecule has 3 heterocycles. The summed E-state index contributed by atoms with van der Waals surface area (Å²) < 4.78 is 4.33. The van der Waals surface area contributed by atoms with Gasteiger partial charge in [-0.3, -0.25) is 0 Å². The molecule has 0 bridgehead atoms. The van der Waals surface area contributed by atoms with Gasteiger partial charge in [-0.2, -0.15) is 4.37 Å². The van der Waals surface area contributed by atoms with Gasteiger partial charge in [-0.05, 0) is 44.4 Å². The lowest BCUT2D eigenvalue weighted by molar-refractivity contribution is 0.352.